The van der Waals surface area contributed by atoms with Crippen LogP contribution in [-0.4, -0.2) is 10.9 Å². The summed E-state index contributed by atoms with van der Waals surface area (Å²) in [5.41, 5.74) is 1.72. The molecule has 0 aliphatic rings. The summed E-state index contributed by atoms with van der Waals surface area (Å²) in [6.45, 7) is 0. The molecule has 20 heavy (non-hydrogen) atoms. The Bertz CT molecular complexity index is 737. The summed E-state index contributed by atoms with van der Waals surface area (Å²) in [5.74, 6) is -0.613. The number of halogens is 1. The largest absolute Gasteiger partial charge is 0.472 e. The Hall–Kier alpha value is -2.47. The van der Waals surface area contributed by atoms with E-state index < -0.39 is 0 Å². The summed E-state index contributed by atoms with van der Waals surface area (Å²) < 4.78 is 18.0. The molecular formula is C14H9FN2O2S. The number of nitrogens with zero attached hydrogens (tertiary/aromatic N) is 1. The Morgan fingerprint density at radius 3 is 3.00 bits per heavy atom. The van der Waals surface area contributed by atoms with E-state index in [-0.39, 0.29) is 11.7 Å². The Kier molecular flexibility index (Phi) is 3.30. The standard InChI is InChI=1S/C14H9FN2O2S/c15-11-3-1-2-9(6-11)12-8-20-14(16-12)17-13(18)10-4-5-19-7-10/h1-8H,(H,16,17,18). The predicted molar refractivity (Wildman–Crippen MR) is 74.2 cm³/mol. The maximum atomic E-state index is 13.2. The summed E-state index contributed by atoms with van der Waals surface area (Å²) in [6, 6.07) is 7.72. The highest BCUT2D eigenvalue weighted by atomic mass is 32.1. The Labute approximate surface area is 117 Å². The quantitative estimate of drug-likeness (QED) is 0.797. The number of amides is 1. The number of thiazole rings is 1. The Morgan fingerprint density at radius 1 is 1.35 bits per heavy atom. The fraction of sp³-hybridized carbons (Fsp3) is 0. The van der Waals surface area contributed by atoms with Crippen molar-refractivity contribution in [3.63, 3.8) is 0 Å². The molecule has 0 fully saturated rings. The number of benzene rings is 1. The van der Waals surface area contributed by atoms with Crippen molar-refractivity contribution in [1.82, 2.24) is 4.98 Å². The molecule has 0 spiro atoms. The number of anilines is 1. The van der Waals surface area contributed by atoms with Crippen molar-refractivity contribution in [3.05, 3.63) is 59.6 Å². The van der Waals surface area contributed by atoms with Gasteiger partial charge in [0, 0.05) is 10.9 Å². The van der Waals surface area contributed by atoms with Crippen LogP contribution in [0.4, 0.5) is 9.52 Å². The van der Waals surface area contributed by atoms with Gasteiger partial charge in [0.15, 0.2) is 5.13 Å². The Morgan fingerprint density at radius 2 is 2.25 bits per heavy atom. The lowest BCUT2D eigenvalue weighted by Crippen LogP contribution is -2.10. The maximum absolute atomic E-state index is 13.2. The lowest BCUT2D eigenvalue weighted by molar-refractivity contribution is 0.102. The van der Waals surface area contributed by atoms with Crippen LogP contribution in [0.25, 0.3) is 11.3 Å². The molecule has 2 heterocycles. The van der Waals surface area contributed by atoms with Crippen LogP contribution < -0.4 is 5.32 Å². The zero-order chi connectivity index (χ0) is 13.9. The molecule has 0 aliphatic carbocycles. The number of hydrogen-bond acceptors (Lipinski definition) is 4. The van der Waals surface area contributed by atoms with E-state index in [0.29, 0.717) is 22.0 Å². The first kappa shape index (κ1) is 12.6. The van der Waals surface area contributed by atoms with Crippen LogP contribution >= 0.6 is 11.3 Å². The van der Waals surface area contributed by atoms with Crippen LogP contribution in [0.5, 0.6) is 0 Å². The lowest BCUT2D eigenvalue weighted by Gasteiger charge is -1.98. The molecule has 3 rings (SSSR count). The molecule has 4 nitrogen and oxygen atoms in total. The highest BCUT2D eigenvalue weighted by Gasteiger charge is 2.11. The molecule has 0 saturated heterocycles. The second kappa shape index (κ2) is 5.26. The van der Waals surface area contributed by atoms with Gasteiger partial charge in [-0.3, -0.25) is 10.1 Å². The average Bonchev–Trinajstić information content (AvgIpc) is 3.10. The predicted octanol–water partition coefficient (Wildman–Crippen LogP) is 3.79. The number of carbonyl (C=O) groups excluding carboxylic acids is 1. The Balaban J connectivity index is 1.79. The van der Waals surface area contributed by atoms with Gasteiger partial charge in [-0.2, -0.15) is 0 Å². The number of nitrogens with one attached hydrogen (secondary N) is 1. The topological polar surface area (TPSA) is 55.1 Å². The van der Waals surface area contributed by atoms with Crippen LogP contribution in [-0.2, 0) is 0 Å². The minimum absolute atomic E-state index is 0.293. The van der Waals surface area contributed by atoms with Crippen molar-refractivity contribution in [1.29, 1.82) is 0 Å². The third-order valence-electron chi connectivity index (χ3n) is 2.63. The first-order valence-electron chi connectivity index (χ1n) is 5.77. The monoisotopic (exact) mass is 288 g/mol. The molecule has 1 amide bonds. The molecule has 0 aliphatic heterocycles. The van der Waals surface area contributed by atoms with Gasteiger partial charge in [-0.1, -0.05) is 12.1 Å². The molecule has 0 unspecified atom stereocenters. The van der Waals surface area contributed by atoms with Crippen LogP contribution in [0.2, 0.25) is 0 Å². The summed E-state index contributed by atoms with van der Waals surface area (Å²) in [4.78, 5) is 16.1. The average molecular weight is 288 g/mol. The molecule has 0 bridgehead atoms. The smallest absolute Gasteiger partial charge is 0.260 e. The molecule has 1 N–H and O–H groups in total. The number of rotatable bonds is 3. The summed E-state index contributed by atoms with van der Waals surface area (Å²) >= 11 is 1.28. The van der Waals surface area contributed by atoms with Crippen molar-refractivity contribution in [2.24, 2.45) is 0 Å². The molecular weight excluding hydrogens is 279 g/mol. The van der Waals surface area contributed by atoms with Gasteiger partial charge in [0.05, 0.1) is 17.5 Å². The normalized spacial score (nSPS) is 10.4. The van der Waals surface area contributed by atoms with E-state index in [0.717, 1.165) is 0 Å². The fourth-order valence-corrected chi connectivity index (χ4v) is 2.39. The zero-order valence-corrected chi connectivity index (χ0v) is 11.0. The highest BCUT2D eigenvalue weighted by molar-refractivity contribution is 7.14. The number of hydrogen-bond donors (Lipinski definition) is 1. The molecule has 0 saturated carbocycles. The SMILES string of the molecule is O=C(Nc1nc(-c2cccc(F)c2)cs1)c1ccoc1. The van der Waals surface area contributed by atoms with Crippen LogP contribution in [0.3, 0.4) is 0 Å². The molecule has 100 valence electrons. The molecule has 0 atom stereocenters. The van der Waals surface area contributed by atoms with E-state index in [1.54, 1.807) is 23.6 Å². The number of carbonyl (C=O) groups is 1. The van der Waals surface area contributed by atoms with Gasteiger partial charge >= 0.3 is 0 Å². The minimum Gasteiger partial charge on any atom is -0.472 e. The molecule has 1 aromatic carbocycles. The van der Waals surface area contributed by atoms with Gasteiger partial charge in [0.1, 0.15) is 12.1 Å². The number of furan rings is 1. The van der Waals surface area contributed by atoms with E-state index in [2.05, 4.69) is 10.3 Å². The maximum Gasteiger partial charge on any atom is 0.260 e. The van der Waals surface area contributed by atoms with Crippen LogP contribution in [0.15, 0.2) is 52.7 Å². The van der Waals surface area contributed by atoms with Gasteiger partial charge in [-0.25, -0.2) is 9.37 Å². The van der Waals surface area contributed by atoms with Crippen molar-refractivity contribution in [2.45, 2.75) is 0 Å². The van der Waals surface area contributed by atoms with E-state index in [1.165, 1.54) is 36.0 Å². The number of aromatic nitrogens is 1. The lowest BCUT2D eigenvalue weighted by atomic mass is 10.2. The summed E-state index contributed by atoms with van der Waals surface area (Å²) in [6.07, 6.45) is 2.78. The van der Waals surface area contributed by atoms with Crippen molar-refractivity contribution >= 4 is 22.4 Å². The second-order valence-corrected chi connectivity index (χ2v) is 4.87. The van der Waals surface area contributed by atoms with E-state index in [9.17, 15) is 9.18 Å². The fourth-order valence-electron chi connectivity index (χ4n) is 1.67. The van der Waals surface area contributed by atoms with Gasteiger partial charge in [-0.05, 0) is 18.2 Å². The molecule has 3 aromatic rings. The third kappa shape index (κ3) is 2.60. The first-order valence-corrected chi connectivity index (χ1v) is 6.65. The molecule has 2 aromatic heterocycles. The molecule has 0 radical (unpaired) electrons. The second-order valence-electron chi connectivity index (χ2n) is 4.01. The summed E-state index contributed by atoms with van der Waals surface area (Å²) in [5, 5.41) is 4.88. The van der Waals surface area contributed by atoms with Crippen molar-refractivity contribution in [3.8, 4) is 11.3 Å². The van der Waals surface area contributed by atoms with Gasteiger partial charge in [0.2, 0.25) is 0 Å². The first-order chi connectivity index (χ1) is 9.72. The van der Waals surface area contributed by atoms with Crippen molar-refractivity contribution in [2.75, 3.05) is 5.32 Å². The highest BCUT2D eigenvalue weighted by Crippen LogP contribution is 2.25. The summed E-state index contributed by atoms with van der Waals surface area (Å²) in [7, 11) is 0. The van der Waals surface area contributed by atoms with Gasteiger partial charge in [-0.15, -0.1) is 11.3 Å². The van der Waals surface area contributed by atoms with Crippen LogP contribution in [0, 0.1) is 5.82 Å². The zero-order valence-electron chi connectivity index (χ0n) is 10.2. The minimum atomic E-state index is -0.320. The van der Waals surface area contributed by atoms with Crippen molar-refractivity contribution < 1.29 is 13.6 Å². The van der Waals surface area contributed by atoms with E-state index in [4.69, 9.17) is 4.42 Å². The third-order valence-corrected chi connectivity index (χ3v) is 3.39. The van der Waals surface area contributed by atoms with Crippen LogP contribution in [0.1, 0.15) is 10.4 Å². The van der Waals surface area contributed by atoms with E-state index in [1.807, 2.05) is 0 Å². The molecule has 6 heteroatoms. The van der Waals surface area contributed by atoms with Gasteiger partial charge < -0.3 is 4.42 Å². The van der Waals surface area contributed by atoms with Gasteiger partial charge in [0.25, 0.3) is 5.91 Å². The van der Waals surface area contributed by atoms with E-state index >= 15 is 0 Å².